The van der Waals surface area contributed by atoms with E-state index in [1.54, 1.807) is 0 Å². The molecule has 2 heteroatoms. The van der Waals surface area contributed by atoms with Gasteiger partial charge in [-0.15, -0.1) is 0 Å². The molecule has 2 atom stereocenters. The minimum atomic E-state index is 0.550. The van der Waals surface area contributed by atoms with E-state index in [0.29, 0.717) is 12.0 Å². The molecule has 0 bridgehead atoms. The van der Waals surface area contributed by atoms with Crippen LogP contribution in [0.25, 0.3) is 16.8 Å². The molecule has 2 unspecified atom stereocenters. The van der Waals surface area contributed by atoms with E-state index in [9.17, 15) is 0 Å². The van der Waals surface area contributed by atoms with Crippen molar-refractivity contribution in [1.29, 1.82) is 5.26 Å². The molecule has 0 spiro atoms. The first-order valence-corrected chi connectivity index (χ1v) is 10.2. The molecule has 2 nitrogen and oxygen atoms in total. The average Bonchev–Trinajstić information content (AvgIpc) is 3.28. The first kappa shape index (κ1) is 17.1. The maximum Gasteiger partial charge on any atom is 0.0944 e. The lowest BCUT2D eigenvalue weighted by molar-refractivity contribution is 0.642. The van der Waals surface area contributed by atoms with Gasteiger partial charge >= 0.3 is 0 Å². The fraction of sp³-hybridized carbons (Fsp3) is 0.269. The third-order valence-electron chi connectivity index (χ3n) is 6.34. The predicted molar refractivity (Wildman–Crippen MR) is 117 cm³/mol. The molecule has 0 aromatic heterocycles. The summed E-state index contributed by atoms with van der Waals surface area (Å²) in [5.41, 5.74) is 7.28. The van der Waals surface area contributed by atoms with Gasteiger partial charge in [-0.1, -0.05) is 42.3 Å². The maximum absolute atomic E-state index is 9.11. The summed E-state index contributed by atoms with van der Waals surface area (Å²) in [6, 6.07) is 23.1. The van der Waals surface area contributed by atoms with Gasteiger partial charge in [-0.2, -0.15) is 5.26 Å². The van der Waals surface area contributed by atoms with Gasteiger partial charge in [-0.3, -0.25) is 0 Å². The second kappa shape index (κ2) is 6.53. The van der Waals surface area contributed by atoms with Gasteiger partial charge in [0.2, 0.25) is 0 Å². The van der Waals surface area contributed by atoms with Crippen LogP contribution in [0.15, 0.2) is 60.2 Å². The molecule has 3 aromatic carbocycles. The summed E-state index contributed by atoms with van der Waals surface area (Å²) in [6.45, 7) is 4.02. The van der Waals surface area contributed by atoms with E-state index in [4.69, 9.17) is 5.26 Å². The summed E-state index contributed by atoms with van der Waals surface area (Å²) >= 11 is 0. The zero-order chi connectivity index (χ0) is 19.3. The van der Waals surface area contributed by atoms with Crippen LogP contribution in [0.3, 0.4) is 0 Å². The van der Waals surface area contributed by atoms with Crippen molar-refractivity contribution in [3.63, 3.8) is 0 Å². The van der Waals surface area contributed by atoms with Crippen molar-refractivity contribution >= 4 is 28.2 Å². The fourth-order valence-corrected chi connectivity index (χ4v) is 5.09. The number of hydrogen-bond acceptors (Lipinski definition) is 2. The van der Waals surface area contributed by atoms with E-state index in [2.05, 4.69) is 72.5 Å². The molecule has 0 N–H and O–H groups in total. The van der Waals surface area contributed by atoms with E-state index >= 15 is 0 Å². The van der Waals surface area contributed by atoms with Crippen LogP contribution in [0.2, 0.25) is 0 Å². The van der Waals surface area contributed by atoms with Crippen LogP contribution in [0, 0.1) is 18.3 Å². The highest BCUT2D eigenvalue weighted by atomic mass is 15.2. The summed E-state index contributed by atoms with van der Waals surface area (Å²) in [7, 11) is 0. The zero-order valence-electron chi connectivity index (χ0n) is 16.4. The van der Waals surface area contributed by atoms with Crippen LogP contribution in [-0.2, 0) is 0 Å². The SMILES string of the molecule is C/C(C#N)=C/c1ccc2c(c1)C1CCCC1N2c1ccc2cc(C)ccc2c1. The van der Waals surface area contributed by atoms with Gasteiger partial charge in [0, 0.05) is 28.9 Å². The molecule has 1 heterocycles. The number of fused-ring (bicyclic) bond motifs is 4. The van der Waals surface area contributed by atoms with Gasteiger partial charge in [-0.25, -0.2) is 0 Å². The standard InChI is InChI=1S/C26H24N2/c1-17-6-8-21-15-22(10-9-20(21)13-17)28-25-5-3-4-23(25)24-14-19(7-11-26(24)28)12-18(2)16-27/h6-15,23,25H,3-5H2,1-2H3/b18-12-. The minimum Gasteiger partial charge on any atom is -0.337 e. The van der Waals surface area contributed by atoms with Gasteiger partial charge in [-0.05, 0) is 78.9 Å². The molecule has 1 aliphatic carbocycles. The summed E-state index contributed by atoms with van der Waals surface area (Å²) in [5.74, 6) is 0.597. The number of rotatable bonds is 2. The monoisotopic (exact) mass is 364 g/mol. The fourth-order valence-electron chi connectivity index (χ4n) is 5.09. The third kappa shape index (κ3) is 2.70. The van der Waals surface area contributed by atoms with Crippen LogP contribution in [-0.4, -0.2) is 6.04 Å². The second-order valence-corrected chi connectivity index (χ2v) is 8.27. The minimum absolute atomic E-state index is 0.550. The lowest BCUT2D eigenvalue weighted by Gasteiger charge is -2.27. The number of aryl methyl sites for hydroxylation is 1. The van der Waals surface area contributed by atoms with Gasteiger partial charge < -0.3 is 4.90 Å². The molecular formula is C26H24N2. The van der Waals surface area contributed by atoms with Crippen molar-refractivity contribution in [3.8, 4) is 6.07 Å². The Hall–Kier alpha value is -3.05. The van der Waals surface area contributed by atoms with E-state index in [0.717, 1.165) is 11.1 Å². The van der Waals surface area contributed by atoms with Crippen LogP contribution in [0.4, 0.5) is 11.4 Å². The van der Waals surface area contributed by atoms with Crippen molar-refractivity contribution in [2.45, 2.75) is 45.1 Å². The topological polar surface area (TPSA) is 27.0 Å². The molecule has 0 amide bonds. The molecule has 28 heavy (non-hydrogen) atoms. The number of anilines is 2. The van der Waals surface area contributed by atoms with Crippen LogP contribution < -0.4 is 4.90 Å². The second-order valence-electron chi connectivity index (χ2n) is 8.27. The van der Waals surface area contributed by atoms with Crippen LogP contribution >= 0.6 is 0 Å². The molecule has 5 rings (SSSR count). The molecule has 1 fully saturated rings. The highest BCUT2D eigenvalue weighted by Crippen LogP contribution is 2.52. The summed E-state index contributed by atoms with van der Waals surface area (Å²) in [4.78, 5) is 2.57. The first-order chi connectivity index (χ1) is 13.6. The van der Waals surface area contributed by atoms with E-state index in [1.165, 1.54) is 52.5 Å². The Bertz CT molecular complexity index is 1150. The van der Waals surface area contributed by atoms with Crippen LogP contribution in [0.5, 0.6) is 0 Å². The molecule has 2 aliphatic rings. The van der Waals surface area contributed by atoms with Gasteiger partial charge in [0.1, 0.15) is 0 Å². The van der Waals surface area contributed by atoms with Gasteiger partial charge in [0.05, 0.1) is 6.07 Å². The Morgan fingerprint density at radius 3 is 2.71 bits per heavy atom. The Labute approximate surface area is 166 Å². The number of benzene rings is 3. The Kier molecular flexibility index (Phi) is 3.98. The Morgan fingerprint density at radius 1 is 1.04 bits per heavy atom. The average molecular weight is 364 g/mol. The van der Waals surface area contributed by atoms with E-state index in [1.807, 2.05) is 13.0 Å². The lowest BCUT2D eigenvalue weighted by Crippen LogP contribution is -2.26. The molecule has 1 saturated carbocycles. The number of nitriles is 1. The first-order valence-electron chi connectivity index (χ1n) is 10.2. The maximum atomic E-state index is 9.11. The van der Waals surface area contributed by atoms with E-state index in [-0.39, 0.29) is 0 Å². The van der Waals surface area contributed by atoms with Crippen LogP contribution in [0.1, 0.15) is 48.8 Å². The third-order valence-corrected chi connectivity index (χ3v) is 6.34. The Balaban J connectivity index is 1.62. The van der Waals surface area contributed by atoms with Crippen molar-refractivity contribution in [2.75, 3.05) is 4.90 Å². The van der Waals surface area contributed by atoms with Gasteiger partial charge in [0.25, 0.3) is 0 Å². The van der Waals surface area contributed by atoms with Crippen molar-refractivity contribution in [3.05, 3.63) is 76.9 Å². The molecule has 138 valence electrons. The predicted octanol–water partition coefficient (Wildman–Crippen LogP) is 6.86. The smallest absolute Gasteiger partial charge is 0.0944 e. The van der Waals surface area contributed by atoms with Crippen molar-refractivity contribution in [2.24, 2.45) is 0 Å². The zero-order valence-corrected chi connectivity index (χ0v) is 16.4. The number of hydrogen-bond donors (Lipinski definition) is 0. The molecule has 0 saturated heterocycles. The molecule has 1 aliphatic heterocycles. The largest absolute Gasteiger partial charge is 0.337 e. The highest BCUT2D eigenvalue weighted by molar-refractivity contribution is 5.88. The molecule has 3 aromatic rings. The summed E-state index contributed by atoms with van der Waals surface area (Å²) < 4.78 is 0. The van der Waals surface area contributed by atoms with E-state index < -0.39 is 0 Å². The number of allylic oxidation sites excluding steroid dienone is 1. The molecule has 0 radical (unpaired) electrons. The Morgan fingerprint density at radius 2 is 1.86 bits per heavy atom. The summed E-state index contributed by atoms with van der Waals surface area (Å²) in [5, 5.41) is 11.7. The summed E-state index contributed by atoms with van der Waals surface area (Å²) in [6.07, 6.45) is 5.78. The quantitative estimate of drug-likeness (QED) is 0.464. The lowest BCUT2D eigenvalue weighted by atomic mass is 9.95. The van der Waals surface area contributed by atoms with Crippen molar-refractivity contribution in [1.82, 2.24) is 0 Å². The molecular weight excluding hydrogens is 340 g/mol. The normalized spacial score (nSPS) is 20.9. The van der Waals surface area contributed by atoms with Crippen molar-refractivity contribution < 1.29 is 0 Å². The highest BCUT2D eigenvalue weighted by Gasteiger charge is 2.42. The van der Waals surface area contributed by atoms with Gasteiger partial charge in [0.15, 0.2) is 0 Å². The number of nitrogens with zero attached hydrogens (tertiary/aromatic N) is 2.